The van der Waals surface area contributed by atoms with Crippen molar-refractivity contribution >= 4 is 29.9 Å². The predicted molar refractivity (Wildman–Crippen MR) is 93.9 cm³/mol. The molecule has 2 atom stereocenters. The lowest BCUT2D eigenvalue weighted by Crippen LogP contribution is -2.34. The van der Waals surface area contributed by atoms with Crippen LogP contribution in [0.25, 0.3) is 0 Å². The number of hydrogen-bond acceptors (Lipinski definition) is 5. The highest BCUT2D eigenvalue weighted by Gasteiger charge is 2.26. The minimum atomic E-state index is -0.651. The van der Waals surface area contributed by atoms with Crippen LogP contribution in [0.15, 0.2) is 12.1 Å². The summed E-state index contributed by atoms with van der Waals surface area (Å²) in [5.41, 5.74) is 11.8. The van der Waals surface area contributed by atoms with Crippen molar-refractivity contribution in [3.8, 4) is 11.5 Å². The van der Waals surface area contributed by atoms with Crippen LogP contribution in [-0.4, -0.2) is 32.1 Å². The van der Waals surface area contributed by atoms with Gasteiger partial charge >= 0.3 is 0 Å². The molecule has 0 saturated heterocycles. The molecule has 2 rings (SSSR count). The van der Waals surface area contributed by atoms with Crippen LogP contribution in [0.4, 0.5) is 5.69 Å². The molecule has 0 aromatic heterocycles. The lowest BCUT2D eigenvalue weighted by Gasteiger charge is -2.26. The number of primary amides is 1. The minimum Gasteiger partial charge on any atom is -0.493 e. The van der Waals surface area contributed by atoms with E-state index in [1.807, 2.05) is 0 Å². The van der Waals surface area contributed by atoms with E-state index in [1.165, 1.54) is 20.3 Å². The van der Waals surface area contributed by atoms with Crippen molar-refractivity contribution in [2.75, 3.05) is 19.5 Å². The van der Waals surface area contributed by atoms with Gasteiger partial charge in [0, 0.05) is 18.0 Å². The summed E-state index contributed by atoms with van der Waals surface area (Å²) in [6, 6.07) is 3.05. The average Bonchev–Trinajstić information content (AvgIpc) is 2.54. The number of nitrogens with one attached hydrogen (secondary N) is 1. The number of ether oxygens (including phenoxy) is 2. The van der Waals surface area contributed by atoms with Gasteiger partial charge in [-0.1, -0.05) is 6.42 Å². The quantitative estimate of drug-likeness (QED) is 0.741. The smallest absolute Gasteiger partial charge is 0.250 e. The zero-order valence-electron chi connectivity index (χ0n) is 13.8. The van der Waals surface area contributed by atoms with Gasteiger partial charge < -0.3 is 26.3 Å². The van der Waals surface area contributed by atoms with Gasteiger partial charge in [0.2, 0.25) is 5.91 Å². The molecule has 2 unspecified atom stereocenters. The summed E-state index contributed by atoms with van der Waals surface area (Å²) >= 11 is 0. The van der Waals surface area contributed by atoms with Crippen molar-refractivity contribution in [2.45, 2.75) is 31.7 Å². The summed E-state index contributed by atoms with van der Waals surface area (Å²) in [6.45, 7) is 0. The summed E-state index contributed by atoms with van der Waals surface area (Å²) in [4.78, 5) is 24.1. The number of methoxy groups -OCH3 is 2. The largest absolute Gasteiger partial charge is 0.493 e. The van der Waals surface area contributed by atoms with Crippen LogP contribution in [0.5, 0.6) is 11.5 Å². The van der Waals surface area contributed by atoms with Gasteiger partial charge in [-0.2, -0.15) is 0 Å². The SMILES string of the molecule is COc1cc(NC(=O)C2CCCC(N)C2)c(C(N)=O)cc1OC.Cl. The van der Waals surface area contributed by atoms with E-state index >= 15 is 0 Å². The molecule has 1 aromatic carbocycles. The van der Waals surface area contributed by atoms with Crippen molar-refractivity contribution in [1.29, 1.82) is 0 Å². The number of rotatable bonds is 5. The van der Waals surface area contributed by atoms with E-state index in [2.05, 4.69) is 5.32 Å². The number of carbonyl (C=O) groups is 2. The Morgan fingerprint density at radius 2 is 1.79 bits per heavy atom. The number of halogens is 1. The molecule has 0 spiro atoms. The molecule has 0 bridgehead atoms. The first-order chi connectivity index (χ1) is 11.0. The maximum absolute atomic E-state index is 12.5. The molecule has 1 fully saturated rings. The summed E-state index contributed by atoms with van der Waals surface area (Å²) in [5.74, 6) is -0.184. The fourth-order valence-electron chi connectivity index (χ4n) is 2.89. The molecule has 8 heteroatoms. The second-order valence-corrected chi connectivity index (χ2v) is 5.73. The Balaban J connectivity index is 0.00000288. The average molecular weight is 358 g/mol. The summed E-state index contributed by atoms with van der Waals surface area (Å²) in [5, 5.41) is 2.78. The molecule has 1 aliphatic carbocycles. The highest BCUT2D eigenvalue weighted by Crippen LogP contribution is 2.34. The van der Waals surface area contributed by atoms with Gasteiger partial charge in [0.25, 0.3) is 5.91 Å². The van der Waals surface area contributed by atoms with Crippen molar-refractivity contribution in [2.24, 2.45) is 17.4 Å². The van der Waals surface area contributed by atoms with Crippen LogP contribution < -0.4 is 26.3 Å². The molecule has 1 aliphatic rings. The van der Waals surface area contributed by atoms with E-state index < -0.39 is 5.91 Å². The summed E-state index contributed by atoms with van der Waals surface area (Å²) in [6.07, 6.45) is 3.30. The number of carbonyl (C=O) groups excluding carboxylic acids is 2. The number of amides is 2. The monoisotopic (exact) mass is 357 g/mol. The fourth-order valence-corrected chi connectivity index (χ4v) is 2.89. The molecule has 0 aliphatic heterocycles. The van der Waals surface area contributed by atoms with Gasteiger partial charge in [-0.3, -0.25) is 9.59 Å². The normalized spacial score (nSPS) is 19.8. The first-order valence-electron chi connectivity index (χ1n) is 7.58. The number of hydrogen-bond donors (Lipinski definition) is 3. The zero-order chi connectivity index (χ0) is 17.0. The molecule has 1 saturated carbocycles. The summed E-state index contributed by atoms with van der Waals surface area (Å²) in [7, 11) is 2.94. The van der Waals surface area contributed by atoms with E-state index in [0.717, 1.165) is 19.3 Å². The van der Waals surface area contributed by atoms with Gasteiger partial charge in [0.15, 0.2) is 11.5 Å². The predicted octanol–water partition coefficient (Wildman–Crippen LogP) is 1.68. The van der Waals surface area contributed by atoms with E-state index in [-0.39, 0.29) is 35.8 Å². The van der Waals surface area contributed by atoms with Gasteiger partial charge in [0.05, 0.1) is 25.5 Å². The van der Waals surface area contributed by atoms with E-state index in [0.29, 0.717) is 23.6 Å². The van der Waals surface area contributed by atoms with E-state index in [4.69, 9.17) is 20.9 Å². The van der Waals surface area contributed by atoms with E-state index in [9.17, 15) is 9.59 Å². The van der Waals surface area contributed by atoms with Crippen LogP contribution in [0, 0.1) is 5.92 Å². The summed E-state index contributed by atoms with van der Waals surface area (Å²) < 4.78 is 10.4. The van der Waals surface area contributed by atoms with Crippen LogP contribution in [0.3, 0.4) is 0 Å². The standard InChI is InChI=1S/C16H23N3O4.ClH/c1-22-13-7-11(15(18)20)12(8-14(13)23-2)19-16(21)9-4-3-5-10(17)6-9;/h7-10H,3-6,17H2,1-2H3,(H2,18,20)(H,19,21);1H. The van der Waals surface area contributed by atoms with Crippen molar-refractivity contribution < 1.29 is 19.1 Å². The highest BCUT2D eigenvalue weighted by molar-refractivity contribution is 6.04. The third-order valence-corrected chi connectivity index (χ3v) is 4.13. The highest BCUT2D eigenvalue weighted by atomic mass is 35.5. The molecule has 24 heavy (non-hydrogen) atoms. The third kappa shape index (κ3) is 4.52. The lowest BCUT2D eigenvalue weighted by molar-refractivity contribution is -0.120. The van der Waals surface area contributed by atoms with Crippen molar-refractivity contribution in [1.82, 2.24) is 0 Å². The molecule has 0 heterocycles. The first-order valence-corrected chi connectivity index (χ1v) is 7.58. The molecule has 0 radical (unpaired) electrons. The van der Waals surface area contributed by atoms with Crippen molar-refractivity contribution in [3.05, 3.63) is 17.7 Å². The maximum atomic E-state index is 12.5. The maximum Gasteiger partial charge on any atom is 0.250 e. The molecular formula is C16H24ClN3O4. The Hall–Kier alpha value is -1.99. The Morgan fingerprint density at radius 3 is 2.33 bits per heavy atom. The van der Waals surface area contributed by atoms with Gasteiger partial charge in [-0.15, -0.1) is 12.4 Å². The number of anilines is 1. The molecule has 1 aromatic rings. The van der Waals surface area contributed by atoms with E-state index in [1.54, 1.807) is 6.07 Å². The Kier molecular flexibility index (Phi) is 7.31. The number of benzene rings is 1. The van der Waals surface area contributed by atoms with Gasteiger partial charge in [-0.05, 0) is 25.3 Å². The Labute approximate surface area is 147 Å². The molecule has 5 N–H and O–H groups in total. The zero-order valence-corrected chi connectivity index (χ0v) is 14.7. The topological polar surface area (TPSA) is 117 Å². The Morgan fingerprint density at radius 1 is 1.17 bits per heavy atom. The molecule has 134 valence electrons. The Bertz CT molecular complexity index is 609. The fraction of sp³-hybridized carbons (Fsp3) is 0.500. The molecule has 2 amide bonds. The van der Waals surface area contributed by atoms with Crippen LogP contribution >= 0.6 is 12.4 Å². The van der Waals surface area contributed by atoms with Crippen molar-refractivity contribution in [3.63, 3.8) is 0 Å². The van der Waals surface area contributed by atoms with Gasteiger partial charge in [-0.25, -0.2) is 0 Å². The number of nitrogens with two attached hydrogens (primary N) is 2. The lowest BCUT2D eigenvalue weighted by atomic mass is 9.85. The minimum absolute atomic E-state index is 0. The van der Waals surface area contributed by atoms with Crippen LogP contribution in [-0.2, 0) is 4.79 Å². The molecule has 7 nitrogen and oxygen atoms in total. The molecular weight excluding hydrogens is 334 g/mol. The van der Waals surface area contributed by atoms with Gasteiger partial charge in [0.1, 0.15) is 0 Å². The van der Waals surface area contributed by atoms with Crippen LogP contribution in [0.2, 0.25) is 0 Å². The first kappa shape index (κ1) is 20.1. The second kappa shape index (κ2) is 8.75. The second-order valence-electron chi connectivity index (χ2n) is 5.73. The third-order valence-electron chi connectivity index (χ3n) is 4.13. The van der Waals surface area contributed by atoms with Crippen LogP contribution in [0.1, 0.15) is 36.0 Å².